The third kappa shape index (κ3) is 3.90. The van der Waals surface area contributed by atoms with E-state index in [0.29, 0.717) is 11.4 Å². The molecule has 2 aliphatic heterocycles. The molecule has 1 amide bonds. The van der Waals surface area contributed by atoms with E-state index in [-0.39, 0.29) is 44.2 Å². The molecule has 1 atom stereocenters. The van der Waals surface area contributed by atoms with Crippen LogP contribution in [0.3, 0.4) is 0 Å². The summed E-state index contributed by atoms with van der Waals surface area (Å²) in [6.45, 7) is -0.135. The van der Waals surface area contributed by atoms with Gasteiger partial charge in [-0.05, 0) is 17.7 Å². The van der Waals surface area contributed by atoms with E-state index < -0.39 is 29.6 Å². The first-order chi connectivity index (χ1) is 14.7. The largest absolute Gasteiger partial charge is 0.473 e. The minimum absolute atomic E-state index is 0.00599. The molecule has 1 saturated heterocycles. The van der Waals surface area contributed by atoms with E-state index in [4.69, 9.17) is 10.00 Å². The fourth-order valence-electron chi connectivity index (χ4n) is 3.75. The van der Waals surface area contributed by atoms with E-state index in [1.165, 1.54) is 22.8 Å². The van der Waals surface area contributed by atoms with E-state index in [0.717, 1.165) is 11.0 Å². The number of benzene rings is 1. The summed E-state index contributed by atoms with van der Waals surface area (Å²) >= 11 is 0. The number of amides is 1. The lowest BCUT2D eigenvalue weighted by Crippen LogP contribution is -2.56. The van der Waals surface area contributed by atoms with Gasteiger partial charge in [-0.25, -0.2) is 9.18 Å². The summed E-state index contributed by atoms with van der Waals surface area (Å²) in [6.07, 6.45) is -4.95. The first kappa shape index (κ1) is 20.6. The molecule has 0 aliphatic carbocycles. The van der Waals surface area contributed by atoms with E-state index in [9.17, 15) is 27.2 Å². The van der Waals surface area contributed by atoms with Crippen LogP contribution in [0.1, 0.15) is 11.1 Å². The van der Waals surface area contributed by atoms with E-state index in [1.54, 1.807) is 11.0 Å². The lowest BCUT2D eigenvalue weighted by Gasteiger charge is -2.38. The zero-order valence-corrected chi connectivity index (χ0v) is 15.9. The third-order valence-corrected chi connectivity index (χ3v) is 5.20. The van der Waals surface area contributed by atoms with Crippen molar-refractivity contribution in [3.63, 3.8) is 0 Å². The second-order valence-corrected chi connectivity index (χ2v) is 7.16. The van der Waals surface area contributed by atoms with Gasteiger partial charge in [-0.1, -0.05) is 6.07 Å². The van der Waals surface area contributed by atoms with Gasteiger partial charge in [-0.3, -0.25) is 9.36 Å². The molecular formula is C19H15F4N5O3. The molecule has 2 aromatic rings. The van der Waals surface area contributed by atoms with Gasteiger partial charge < -0.3 is 14.5 Å². The maximum atomic E-state index is 13.4. The van der Waals surface area contributed by atoms with Crippen molar-refractivity contribution < 1.29 is 27.1 Å². The Morgan fingerprint density at radius 3 is 2.74 bits per heavy atom. The fraction of sp³-hybridized carbons (Fsp3) is 0.368. The Morgan fingerprint density at radius 1 is 1.26 bits per heavy atom. The Balaban J connectivity index is 1.50. The predicted octanol–water partition coefficient (Wildman–Crippen LogP) is 1.43. The lowest BCUT2D eigenvalue weighted by atomic mass is 10.1. The summed E-state index contributed by atoms with van der Waals surface area (Å²) in [5.41, 5.74) is -0.276. The second kappa shape index (κ2) is 7.57. The monoisotopic (exact) mass is 437 g/mol. The first-order valence-electron chi connectivity index (χ1n) is 9.23. The van der Waals surface area contributed by atoms with Crippen molar-refractivity contribution in [3.05, 3.63) is 51.7 Å². The number of carbonyl (C=O) groups is 1. The number of anilines is 1. The van der Waals surface area contributed by atoms with Crippen molar-refractivity contribution >= 4 is 11.7 Å². The average Bonchev–Trinajstić information content (AvgIpc) is 3.10. The quantitative estimate of drug-likeness (QED) is 0.675. The number of hydrogen-bond acceptors (Lipinski definition) is 6. The topological polar surface area (TPSA) is 91.5 Å². The van der Waals surface area contributed by atoms with Crippen LogP contribution in [0, 0.1) is 17.1 Å². The zero-order valence-electron chi connectivity index (χ0n) is 15.9. The Labute approximate surface area is 172 Å². The van der Waals surface area contributed by atoms with Crippen LogP contribution in [0.2, 0.25) is 0 Å². The minimum Gasteiger partial charge on any atom is -0.473 e. The number of aromatic nitrogens is 2. The number of hydrogen-bond donors (Lipinski definition) is 0. The molecule has 1 unspecified atom stereocenters. The third-order valence-electron chi connectivity index (χ3n) is 5.20. The van der Waals surface area contributed by atoms with Gasteiger partial charge in [-0.2, -0.15) is 23.4 Å². The summed E-state index contributed by atoms with van der Waals surface area (Å²) in [7, 11) is 0. The lowest BCUT2D eigenvalue weighted by molar-refractivity contribution is -0.186. The van der Waals surface area contributed by atoms with Gasteiger partial charge in [-0.15, -0.1) is 0 Å². The fourth-order valence-corrected chi connectivity index (χ4v) is 3.75. The Bertz CT molecular complexity index is 1140. The van der Waals surface area contributed by atoms with Crippen molar-refractivity contribution in [2.45, 2.75) is 25.4 Å². The maximum absolute atomic E-state index is 13.4. The van der Waals surface area contributed by atoms with Crippen LogP contribution in [0.25, 0.3) is 0 Å². The molecule has 2 aliphatic rings. The van der Waals surface area contributed by atoms with Gasteiger partial charge in [0.25, 0.3) is 0 Å². The number of nitriles is 1. The Morgan fingerprint density at radius 2 is 2.03 bits per heavy atom. The highest BCUT2D eigenvalue weighted by atomic mass is 19.4. The summed E-state index contributed by atoms with van der Waals surface area (Å²) in [5.74, 6) is -2.12. The molecule has 1 aromatic heterocycles. The molecule has 3 heterocycles. The standard InChI is InChI=1S/C19H15F4N5O3/c20-14-2-1-11(5-12(14)7-24)10-31-15-6-16-27-4-3-26(17(29)19(21,22)23)8-13(27)9-28(16)18(30)25-15/h1-2,5-6,13H,3-4,8-10H2. The number of alkyl halides is 3. The zero-order chi connectivity index (χ0) is 22.3. The maximum Gasteiger partial charge on any atom is 0.471 e. The van der Waals surface area contributed by atoms with Crippen LogP contribution in [0.15, 0.2) is 29.1 Å². The molecular weight excluding hydrogens is 422 g/mol. The van der Waals surface area contributed by atoms with Crippen LogP contribution in [0.5, 0.6) is 5.88 Å². The number of rotatable bonds is 3. The molecule has 162 valence electrons. The van der Waals surface area contributed by atoms with Gasteiger partial charge >= 0.3 is 17.8 Å². The number of carbonyl (C=O) groups excluding carboxylic acids is 1. The van der Waals surface area contributed by atoms with Crippen LogP contribution in [0.4, 0.5) is 23.4 Å². The Kier molecular flexibility index (Phi) is 5.04. The van der Waals surface area contributed by atoms with Crippen molar-refractivity contribution in [1.82, 2.24) is 14.5 Å². The molecule has 31 heavy (non-hydrogen) atoms. The first-order valence-corrected chi connectivity index (χ1v) is 9.23. The van der Waals surface area contributed by atoms with Gasteiger partial charge in [0.15, 0.2) is 0 Å². The van der Waals surface area contributed by atoms with Gasteiger partial charge in [0.1, 0.15) is 24.3 Å². The molecule has 1 fully saturated rings. The second-order valence-electron chi connectivity index (χ2n) is 7.16. The number of fused-ring (bicyclic) bond motifs is 3. The molecule has 12 heteroatoms. The molecule has 0 saturated carbocycles. The van der Waals surface area contributed by atoms with Crippen LogP contribution < -0.4 is 15.3 Å². The normalized spacial score (nSPS) is 17.7. The Hall–Kier alpha value is -3.62. The smallest absolute Gasteiger partial charge is 0.471 e. The van der Waals surface area contributed by atoms with Gasteiger partial charge in [0.2, 0.25) is 5.88 Å². The van der Waals surface area contributed by atoms with Crippen molar-refractivity contribution in [2.75, 3.05) is 24.5 Å². The highest BCUT2D eigenvalue weighted by Crippen LogP contribution is 2.30. The minimum atomic E-state index is -4.95. The van der Waals surface area contributed by atoms with Crippen molar-refractivity contribution in [1.29, 1.82) is 5.26 Å². The summed E-state index contributed by atoms with van der Waals surface area (Å²) in [6, 6.07) is 6.62. The van der Waals surface area contributed by atoms with Crippen molar-refractivity contribution in [2.24, 2.45) is 0 Å². The number of halogens is 4. The number of ether oxygens (including phenoxy) is 1. The van der Waals surface area contributed by atoms with E-state index in [2.05, 4.69) is 4.98 Å². The van der Waals surface area contributed by atoms with E-state index in [1.807, 2.05) is 0 Å². The SMILES string of the molecule is N#Cc1cc(COc2cc3n(c(=O)n2)CC2CN(C(=O)C(F)(F)F)CCN32)ccc1F. The van der Waals surface area contributed by atoms with Gasteiger partial charge in [0, 0.05) is 25.7 Å². The number of piperazine rings is 1. The van der Waals surface area contributed by atoms with E-state index >= 15 is 0 Å². The average molecular weight is 437 g/mol. The molecule has 4 rings (SSSR count). The summed E-state index contributed by atoms with van der Waals surface area (Å²) < 4.78 is 58.5. The van der Waals surface area contributed by atoms with Crippen LogP contribution in [-0.4, -0.2) is 52.2 Å². The highest BCUT2D eigenvalue weighted by molar-refractivity contribution is 5.82. The number of nitrogens with zero attached hydrogens (tertiary/aromatic N) is 5. The van der Waals surface area contributed by atoms with Gasteiger partial charge in [0.05, 0.1) is 18.2 Å². The molecule has 0 radical (unpaired) electrons. The van der Waals surface area contributed by atoms with Crippen LogP contribution in [-0.2, 0) is 17.9 Å². The molecule has 0 spiro atoms. The van der Waals surface area contributed by atoms with Crippen LogP contribution >= 0.6 is 0 Å². The molecule has 0 N–H and O–H groups in total. The molecule has 0 bridgehead atoms. The summed E-state index contributed by atoms with van der Waals surface area (Å²) in [5, 5.41) is 8.90. The summed E-state index contributed by atoms with van der Waals surface area (Å²) in [4.78, 5) is 30.2. The molecule has 1 aromatic carbocycles. The molecule has 8 nitrogen and oxygen atoms in total. The van der Waals surface area contributed by atoms with Crippen molar-refractivity contribution in [3.8, 4) is 11.9 Å². The predicted molar refractivity (Wildman–Crippen MR) is 97.7 cm³/mol. The highest BCUT2D eigenvalue weighted by Gasteiger charge is 2.46.